The molecule has 0 aromatic carbocycles. The molecule has 0 saturated carbocycles. The number of hydrogen-bond donors (Lipinski definition) is 2. The van der Waals surface area contributed by atoms with Crippen LogP contribution in [0.15, 0.2) is 17.5 Å². The van der Waals surface area contributed by atoms with E-state index in [4.69, 9.17) is 11.5 Å². The second-order valence-electron chi connectivity index (χ2n) is 3.33. The van der Waals surface area contributed by atoms with Gasteiger partial charge in [0.25, 0.3) is 0 Å². The summed E-state index contributed by atoms with van der Waals surface area (Å²) in [6.07, 6.45) is 1.37. The lowest BCUT2D eigenvalue weighted by atomic mass is 10.4. The Labute approximate surface area is 91.6 Å². The highest BCUT2D eigenvalue weighted by Crippen LogP contribution is 2.01. The van der Waals surface area contributed by atoms with E-state index in [1.165, 1.54) is 15.7 Å². The van der Waals surface area contributed by atoms with E-state index in [1.54, 1.807) is 0 Å². The first-order valence-electron chi connectivity index (χ1n) is 4.61. The fourth-order valence-electron chi connectivity index (χ4n) is 1.33. The van der Waals surface area contributed by atoms with Gasteiger partial charge in [0.1, 0.15) is 6.33 Å². The highest BCUT2D eigenvalue weighted by atomic mass is 15.5. The average Bonchev–Trinajstić information content (AvgIpc) is 2.74. The molecular weight excluding hydrogens is 208 g/mol. The van der Waals surface area contributed by atoms with E-state index in [0.29, 0.717) is 0 Å². The van der Waals surface area contributed by atoms with Crippen LogP contribution >= 0.6 is 0 Å². The van der Waals surface area contributed by atoms with Crippen molar-refractivity contribution in [2.45, 2.75) is 13.8 Å². The average molecular weight is 220 g/mol. The molecule has 0 amide bonds. The summed E-state index contributed by atoms with van der Waals surface area (Å²) in [6, 6.07) is 1.90. The fraction of sp³-hybridized carbons (Fsp3) is 0.250. The van der Waals surface area contributed by atoms with Gasteiger partial charge in [-0.25, -0.2) is 4.68 Å². The summed E-state index contributed by atoms with van der Waals surface area (Å²) in [5, 5.41) is 15.4. The maximum Gasteiger partial charge on any atom is 0.242 e. The van der Waals surface area contributed by atoms with Crippen molar-refractivity contribution < 1.29 is 0 Å². The molecule has 4 N–H and O–H groups in total. The van der Waals surface area contributed by atoms with Gasteiger partial charge in [0.2, 0.25) is 11.9 Å². The lowest BCUT2D eigenvalue weighted by molar-refractivity contribution is 0.813. The van der Waals surface area contributed by atoms with Crippen LogP contribution in [0.3, 0.4) is 0 Å². The van der Waals surface area contributed by atoms with Crippen molar-refractivity contribution in [3.63, 3.8) is 0 Å². The van der Waals surface area contributed by atoms with Gasteiger partial charge in [-0.05, 0) is 19.9 Å². The van der Waals surface area contributed by atoms with Crippen LogP contribution in [0.25, 0.3) is 0 Å². The van der Waals surface area contributed by atoms with Crippen molar-refractivity contribution in [1.82, 2.24) is 24.7 Å². The molecule has 16 heavy (non-hydrogen) atoms. The number of hydrogen-bond acceptors (Lipinski definition) is 5. The van der Waals surface area contributed by atoms with Crippen LogP contribution in [0.1, 0.15) is 11.4 Å². The Balaban J connectivity index is 2.39. The molecule has 8 nitrogen and oxygen atoms in total. The maximum absolute atomic E-state index is 5.79. The van der Waals surface area contributed by atoms with Gasteiger partial charge in [-0.3, -0.25) is 0 Å². The maximum atomic E-state index is 5.79. The number of rotatable bonds is 1. The zero-order chi connectivity index (χ0) is 11.7. The van der Waals surface area contributed by atoms with Crippen molar-refractivity contribution in [1.29, 1.82) is 0 Å². The number of aryl methyl sites for hydroxylation is 2. The molecule has 2 heterocycles. The molecule has 84 valence electrons. The summed E-state index contributed by atoms with van der Waals surface area (Å²) in [7, 11) is 0. The first-order valence-corrected chi connectivity index (χ1v) is 4.61. The fourth-order valence-corrected chi connectivity index (χ4v) is 1.33. The molecule has 0 aliphatic heterocycles. The lowest BCUT2D eigenvalue weighted by Gasteiger charge is -2.02. The van der Waals surface area contributed by atoms with E-state index >= 15 is 0 Å². The zero-order valence-electron chi connectivity index (χ0n) is 8.99. The van der Waals surface area contributed by atoms with Crippen molar-refractivity contribution in [2.75, 3.05) is 5.73 Å². The molecule has 2 rings (SSSR count). The normalized spacial score (nSPS) is 12.0. The van der Waals surface area contributed by atoms with E-state index in [9.17, 15) is 0 Å². The quantitative estimate of drug-likeness (QED) is 0.487. The van der Waals surface area contributed by atoms with E-state index in [-0.39, 0.29) is 11.9 Å². The van der Waals surface area contributed by atoms with Gasteiger partial charge in [0.15, 0.2) is 0 Å². The molecule has 2 aromatic rings. The Morgan fingerprint density at radius 1 is 1.44 bits per heavy atom. The van der Waals surface area contributed by atoms with Gasteiger partial charge >= 0.3 is 0 Å². The van der Waals surface area contributed by atoms with Crippen LogP contribution in [0, 0.1) is 13.8 Å². The summed E-state index contributed by atoms with van der Waals surface area (Å²) >= 11 is 0. The zero-order valence-corrected chi connectivity index (χ0v) is 8.99. The predicted molar refractivity (Wildman–Crippen MR) is 58.6 cm³/mol. The molecule has 0 atom stereocenters. The van der Waals surface area contributed by atoms with Gasteiger partial charge in [-0.15, -0.1) is 15.3 Å². The number of nitrogen functional groups attached to an aromatic ring is 1. The Kier molecular flexibility index (Phi) is 2.31. The standard InChI is InChI=1S/C8H12N8/c1-5-3-6(2)16(13-5)8(10)14-15-4-11-12-7(15)9/h3-4H,1-2H3,(H2,9,12)(H2,10,14). The smallest absolute Gasteiger partial charge is 0.242 e. The van der Waals surface area contributed by atoms with Gasteiger partial charge in [0, 0.05) is 5.69 Å². The second-order valence-corrected chi connectivity index (χ2v) is 3.33. The van der Waals surface area contributed by atoms with E-state index in [2.05, 4.69) is 20.4 Å². The van der Waals surface area contributed by atoms with Crippen LogP contribution in [0.2, 0.25) is 0 Å². The van der Waals surface area contributed by atoms with Crippen LogP contribution in [-0.4, -0.2) is 30.6 Å². The van der Waals surface area contributed by atoms with Crippen LogP contribution < -0.4 is 11.5 Å². The Morgan fingerprint density at radius 3 is 2.69 bits per heavy atom. The highest BCUT2D eigenvalue weighted by molar-refractivity contribution is 5.80. The largest absolute Gasteiger partial charge is 0.366 e. The minimum Gasteiger partial charge on any atom is -0.366 e. The third-order valence-electron chi connectivity index (χ3n) is 1.99. The second kappa shape index (κ2) is 3.65. The molecule has 0 unspecified atom stereocenters. The van der Waals surface area contributed by atoms with Crippen LogP contribution in [0.4, 0.5) is 5.95 Å². The number of anilines is 1. The van der Waals surface area contributed by atoms with Gasteiger partial charge < -0.3 is 11.5 Å². The Morgan fingerprint density at radius 2 is 2.19 bits per heavy atom. The van der Waals surface area contributed by atoms with E-state index in [1.807, 2.05) is 19.9 Å². The minimum absolute atomic E-state index is 0.171. The van der Waals surface area contributed by atoms with Gasteiger partial charge in [0.05, 0.1) is 5.69 Å². The molecular formula is C8H12N8. The minimum atomic E-state index is 0.171. The first kappa shape index (κ1) is 10.1. The van der Waals surface area contributed by atoms with Crippen molar-refractivity contribution >= 4 is 11.9 Å². The van der Waals surface area contributed by atoms with Crippen LogP contribution in [-0.2, 0) is 0 Å². The lowest BCUT2D eigenvalue weighted by Crippen LogP contribution is -2.26. The molecule has 0 bridgehead atoms. The monoisotopic (exact) mass is 220 g/mol. The molecule has 2 aromatic heterocycles. The van der Waals surface area contributed by atoms with Gasteiger partial charge in [-0.1, -0.05) is 0 Å². The highest BCUT2D eigenvalue weighted by Gasteiger charge is 2.05. The number of nitrogens with two attached hydrogens (primary N) is 2. The summed E-state index contributed by atoms with van der Waals surface area (Å²) in [4.78, 5) is 0. The Hall–Kier alpha value is -2.38. The molecule has 0 aliphatic carbocycles. The summed E-state index contributed by atoms with van der Waals surface area (Å²) in [5.74, 6) is 0.376. The van der Waals surface area contributed by atoms with Crippen molar-refractivity contribution in [3.8, 4) is 0 Å². The van der Waals surface area contributed by atoms with E-state index < -0.39 is 0 Å². The number of nitrogens with zero attached hydrogens (tertiary/aromatic N) is 6. The van der Waals surface area contributed by atoms with Crippen molar-refractivity contribution in [3.05, 3.63) is 23.8 Å². The molecule has 0 aliphatic rings. The molecule has 0 spiro atoms. The SMILES string of the molecule is Cc1cc(C)n(/C(N)=N/n2cnnc2N)n1. The summed E-state index contributed by atoms with van der Waals surface area (Å²) in [5.41, 5.74) is 13.1. The molecule has 0 saturated heterocycles. The van der Waals surface area contributed by atoms with Crippen LogP contribution in [0.5, 0.6) is 0 Å². The third kappa shape index (κ3) is 1.72. The topological polar surface area (TPSA) is 113 Å². The Bertz CT molecular complexity index is 534. The molecule has 0 radical (unpaired) electrons. The van der Waals surface area contributed by atoms with E-state index in [0.717, 1.165) is 11.4 Å². The van der Waals surface area contributed by atoms with Crippen molar-refractivity contribution in [2.24, 2.45) is 10.8 Å². The summed E-state index contributed by atoms with van der Waals surface area (Å²) in [6.45, 7) is 3.77. The molecule has 8 heteroatoms. The first-order chi connectivity index (χ1) is 7.58. The summed E-state index contributed by atoms with van der Waals surface area (Å²) < 4.78 is 2.81. The third-order valence-corrected chi connectivity index (χ3v) is 1.99. The molecule has 0 fully saturated rings. The predicted octanol–water partition coefficient (Wildman–Crippen LogP) is -0.700. The number of aromatic nitrogens is 5. The van der Waals surface area contributed by atoms with Gasteiger partial charge in [-0.2, -0.15) is 9.77 Å².